The van der Waals surface area contributed by atoms with E-state index >= 15 is 0 Å². The average molecular weight is 435 g/mol. The van der Waals surface area contributed by atoms with E-state index in [9.17, 15) is 18.0 Å². The lowest BCUT2D eigenvalue weighted by Crippen LogP contribution is -2.20. The summed E-state index contributed by atoms with van der Waals surface area (Å²) in [7, 11) is 1.48. The predicted molar refractivity (Wildman–Crippen MR) is 109 cm³/mol. The number of nitrogens with zero attached hydrogens (tertiary/aromatic N) is 2. The number of alkyl halides is 3. The largest absolute Gasteiger partial charge is 0.416 e. The van der Waals surface area contributed by atoms with Gasteiger partial charge in [-0.25, -0.2) is 9.97 Å². The molecule has 0 radical (unpaired) electrons. The third-order valence-corrected chi connectivity index (χ3v) is 4.68. The summed E-state index contributed by atoms with van der Waals surface area (Å²) in [6.07, 6.45) is -1.43. The lowest BCUT2D eigenvalue weighted by Gasteiger charge is -2.17. The van der Waals surface area contributed by atoms with Crippen molar-refractivity contribution >= 4 is 23.2 Å². The van der Waals surface area contributed by atoms with E-state index in [2.05, 4.69) is 20.6 Å². The van der Waals surface area contributed by atoms with Gasteiger partial charge in [0.2, 0.25) is 5.28 Å². The van der Waals surface area contributed by atoms with Gasteiger partial charge in [-0.1, -0.05) is 23.8 Å². The molecule has 30 heavy (non-hydrogen) atoms. The SMILES string of the molecule is CNC(=O)c1ccc(-c2cnc(Cl)nc2)cc1NCc1cc(C)ccc1C(F)(F)F. The number of rotatable bonds is 5. The number of anilines is 1. The number of hydrogen-bond donors (Lipinski definition) is 2. The molecule has 0 bridgehead atoms. The van der Waals surface area contributed by atoms with Crippen molar-refractivity contribution in [2.45, 2.75) is 19.6 Å². The molecule has 9 heteroatoms. The van der Waals surface area contributed by atoms with E-state index in [1.54, 1.807) is 25.1 Å². The molecular weight excluding hydrogens is 417 g/mol. The van der Waals surface area contributed by atoms with E-state index in [1.807, 2.05) is 0 Å². The number of aromatic nitrogens is 2. The molecule has 1 aromatic heterocycles. The summed E-state index contributed by atoms with van der Waals surface area (Å²) < 4.78 is 40.1. The van der Waals surface area contributed by atoms with Crippen LogP contribution in [0.3, 0.4) is 0 Å². The van der Waals surface area contributed by atoms with Gasteiger partial charge in [0.25, 0.3) is 5.91 Å². The van der Waals surface area contributed by atoms with Gasteiger partial charge < -0.3 is 10.6 Å². The Bertz CT molecular complexity index is 1070. The Hall–Kier alpha value is -3.13. The molecule has 2 aromatic carbocycles. The van der Waals surface area contributed by atoms with Crippen LogP contribution in [0.25, 0.3) is 11.1 Å². The quantitative estimate of drug-likeness (QED) is 0.548. The van der Waals surface area contributed by atoms with Gasteiger partial charge in [0.05, 0.1) is 11.1 Å². The van der Waals surface area contributed by atoms with Gasteiger partial charge in [-0.05, 0) is 47.9 Å². The number of carbonyl (C=O) groups is 1. The summed E-state index contributed by atoms with van der Waals surface area (Å²) in [6, 6.07) is 8.92. The molecule has 1 amide bonds. The average Bonchev–Trinajstić information content (AvgIpc) is 2.71. The van der Waals surface area contributed by atoms with Crippen molar-refractivity contribution in [1.29, 1.82) is 0 Å². The topological polar surface area (TPSA) is 66.9 Å². The molecule has 3 aromatic rings. The van der Waals surface area contributed by atoms with E-state index in [-0.39, 0.29) is 23.3 Å². The second kappa shape index (κ2) is 8.71. The van der Waals surface area contributed by atoms with Crippen molar-refractivity contribution in [1.82, 2.24) is 15.3 Å². The molecule has 3 rings (SSSR count). The normalized spacial score (nSPS) is 11.3. The summed E-state index contributed by atoms with van der Waals surface area (Å²) in [5.41, 5.74) is 2.10. The Morgan fingerprint density at radius 3 is 2.40 bits per heavy atom. The minimum absolute atomic E-state index is 0.0885. The first-order valence-electron chi connectivity index (χ1n) is 8.93. The van der Waals surface area contributed by atoms with Crippen molar-refractivity contribution in [2.24, 2.45) is 0 Å². The van der Waals surface area contributed by atoms with Crippen LogP contribution in [0.2, 0.25) is 5.28 Å². The zero-order valence-electron chi connectivity index (χ0n) is 16.1. The minimum Gasteiger partial charge on any atom is -0.380 e. The highest BCUT2D eigenvalue weighted by Crippen LogP contribution is 2.33. The van der Waals surface area contributed by atoms with Gasteiger partial charge in [0.1, 0.15) is 0 Å². The second-order valence-electron chi connectivity index (χ2n) is 6.59. The van der Waals surface area contributed by atoms with E-state index in [0.29, 0.717) is 27.9 Å². The zero-order valence-corrected chi connectivity index (χ0v) is 16.9. The van der Waals surface area contributed by atoms with Crippen LogP contribution < -0.4 is 10.6 Å². The van der Waals surface area contributed by atoms with Crippen LogP contribution >= 0.6 is 11.6 Å². The molecule has 0 spiro atoms. The molecule has 2 N–H and O–H groups in total. The Kier molecular flexibility index (Phi) is 6.26. The number of aryl methyl sites for hydroxylation is 1. The highest BCUT2D eigenvalue weighted by molar-refractivity contribution is 6.28. The molecule has 1 heterocycles. The van der Waals surface area contributed by atoms with Crippen LogP contribution in [0.4, 0.5) is 18.9 Å². The molecule has 0 aliphatic heterocycles. The third-order valence-electron chi connectivity index (χ3n) is 4.48. The van der Waals surface area contributed by atoms with Crippen LogP contribution in [-0.2, 0) is 12.7 Å². The molecule has 5 nitrogen and oxygen atoms in total. The first-order valence-corrected chi connectivity index (χ1v) is 9.31. The smallest absolute Gasteiger partial charge is 0.380 e. The van der Waals surface area contributed by atoms with E-state index in [0.717, 1.165) is 6.07 Å². The number of amides is 1. The molecule has 0 fully saturated rings. The van der Waals surface area contributed by atoms with Crippen LogP contribution in [-0.4, -0.2) is 22.9 Å². The van der Waals surface area contributed by atoms with Crippen molar-refractivity contribution in [3.63, 3.8) is 0 Å². The van der Waals surface area contributed by atoms with Gasteiger partial charge in [-0.2, -0.15) is 13.2 Å². The fraction of sp³-hybridized carbons (Fsp3) is 0.190. The highest BCUT2D eigenvalue weighted by Gasteiger charge is 2.33. The highest BCUT2D eigenvalue weighted by atomic mass is 35.5. The Balaban J connectivity index is 1.98. The van der Waals surface area contributed by atoms with Crippen LogP contribution in [0.5, 0.6) is 0 Å². The molecule has 0 aliphatic carbocycles. The molecule has 0 aliphatic rings. The summed E-state index contributed by atoms with van der Waals surface area (Å²) in [4.78, 5) is 20.1. The Labute approximate surface area is 176 Å². The number of carbonyl (C=O) groups excluding carboxylic acids is 1. The number of halogens is 4. The Morgan fingerprint density at radius 1 is 1.07 bits per heavy atom. The third kappa shape index (κ3) is 4.88. The van der Waals surface area contributed by atoms with Crippen LogP contribution in [0.15, 0.2) is 48.8 Å². The van der Waals surface area contributed by atoms with Crippen molar-refractivity contribution in [2.75, 3.05) is 12.4 Å². The summed E-state index contributed by atoms with van der Waals surface area (Å²) in [5.74, 6) is -0.364. The van der Waals surface area contributed by atoms with Gasteiger partial charge in [0, 0.05) is 37.2 Å². The first kappa shape index (κ1) is 21.6. The van der Waals surface area contributed by atoms with Crippen molar-refractivity contribution in [3.05, 3.63) is 76.3 Å². The minimum atomic E-state index is -4.48. The molecule has 156 valence electrons. The molecule has 0 unspecified atom stereocenters. The van der Waals surface area contributed by atoms with Gasteiger partial charge in [-0.3, -0.25) is 4.79 Å². The number of benzene rings is 2. The molecule has 0 saturated carbocycles. The number of nitrogens with one attached hydrogen (secondary N) is 2. The molecule has 0 saturated heterocycles. The predicted octanol–water partition coefficient (Wildman–Crippen LogP) is 5.10. The maximum atomic E-state index is 13.4. The summed E-state index contributed by atoms with van der Waals surface area (Å²) in [6.45, 7) is 1.61. The molecule has 0 atom stereocenters. The van der Waals surface area contributed by atoms with E-state index < -0.39 is 11.7 Å². The lowest BCUT2D eigenvalue weighted by atomic mass is 10.0. The van der Waals surface area contributed by atoms with E-state index in [1.165, 1.54) is 31.6 Å². The van der Waals surface area contributed by atoms with Crippen LogP contribution in [0, 0.1) is 6.92 Å². The van der Waals surface area contributed by atoms with Gasteiger partial charge >= 0.3 is 6.18 Å². The summed E-state index contributed by atoms with van der Waals surface area (Å²) >= 11 is 5.72. The van der Waals surface area contributed by atoms with Crippen molar-refractivity contribution in [3.8, 4) is 11.1 Å². The van der Waals surface area contributed by atoms with Gasteiger partial charge in [0.15, 0.2) is 0 Å². The van der Waals surface area contributed by atoms with Gasteiger partial charge in [-0.15, -0.1) is 0 Å². The van der Waals surface area contributed by atoms with E-state index in [4.69, 9.17) is 11.6 Å². The maximum absolute atomic E-state index is 13.4. The molecular formula is C21H18ClF3N4O. The standard InChI is InChI=1S/C21H18ClF3N4O/c1-12-3-6-17(21(23,24)25)14(7-12)9-27-18-8-13(4-5-16(18)19(30)26-2)15-10-28-20(22)29-11-15/h3-8,10-11,27H,9H2,1-2H3,(H,26,30). The van der Waals surface area contributed by atoms with Crippen LogP contribution in [0.1, 0.15) is 27.0 Å². The second-order valence-corrected chi connectivity index (χ2v) is 6.93. The maximum Gasteiger partial charge on any atom is 0.416 e. The lowest BCUT2D eigenvalue weighted by molar-refractivity contribution is -0.138. The first-order chi connectivity index (χ1) is 14.2. The zero-order chi connectivity index (χ0) is 21.9. The summed E-state index contributed by atoms with van der Waals surface area (Å²) in [5, 5.41) is 5.60. The fourth-order valence-electron chi connectivity index (χ4n) is 3.00. The fourth-order valence-corrected chi connectivity index (χ4v) is 3.10. The van der Waals surface area contributed by atoms with Crippen molar-refractivity contribution < 1.29 is 18.0 Å². The Morgan fingerprint density at radius 2 is 1.77 bits per heavy atom. The monoisotopic (exact) mass is 434 g/mol. The number of hydrogen-bond acceptors (Lipinski definition) is 4.